The van der Waals surface area contributed by atoms with Crippen LogP contribution < -0.4 is 5.32 Å². The van der Waals surface area contributed by atoms with Gasteiger partial charge < -0.3 is 10.1 Å². The molecule has 1 unspecified atom stereocenters. The first-order chi connectivity index (χ1) is 9.13. The third-order valence-corrected chi connectivity index (χ3v) is 4.21. The predicted molar refractivity (Wildman–Crippen MR) is 80.6 cm³/mol. The molecule has 1 heterocycles. The van der Waals surface area contributed by atoms with Gasteiger partial charge in [-0.3, -0.25) is 0 Å². The van der Waals surface area contributed by atoms with Gasteiger partial charge in [-0.05, 0) is 62.8 Å². The fourth-order valence-corrected chi connectivity index (χ4v) is 3.46. The van der Waals surface area contributed by atoms with Crippen LogP contribution >= 0.6 is 0 Å². The van der Waals surface area contributed by atoms with Crippen molar-refractivity contribution in [3.8, 4) is 0 Å². The summed E-state index contributed by atoms with van der Waals surface area (Å²) >= 11 is 0. The SMILES string of the molecule is CCNC(c1c(C)cc(C)cc1C)C1CCOCC1. The topological polar surface area (TPSA) is 21.3 Å². The Balaban J connectivity index is 2.32. The van der Waals surface area contributed by atoms with Crippen molar-refractivity contribution in [2.24, 2.45) is 5.92 Å². The molecule has 0 aliphatic carbocycles. The van der Waals surface area contributed by atoms with Gasteiger partial charge >= 0.3 is 0 Å². The van der Waals surface area contributed by atoms with Gasteiger partial charge in [0.2, 0.25) is 0 Å². The minimum Gasteiger partial charge on any atom is -0.381 e. The first-order valence-electron chi connectivity index (χ1n) is 7.52. The molecule has 1 saturated heterocycles. The molecule has 0 amide bonds. The van der Waals surface area contributed by atoms with E-state index in [1.807, 2.05) is 0 Å². The molecule has 0 bridgehead atoms. The number of benzene rings is 1. The van der Waals surface area contributed by atoms with Crippen molar-refractivity contribution in [1.29, 1.82) is 0 Å². The summed E-state index contributed by atoms with van der Waals surface area (Å²) in [4.78, 5) is 0. The molecule has 0 saturated carbocycles. The Labute approximate surface area is 117 Å². The van der Waals surface area contributed by atoms with Crippen LogP contribution in [0.4, 0.5) is 0 Å². The van der Waals surface area contributed by atoms with E-state index in [-0.39, 0.29) is 0 Å². The van der Waals surface area contributed by atoms with Gasteiger partial charge in [0, 0.05) is 19.3 Å². The Kier molecular flexibility index (Phi) is 5.00. The number of hydrogen-bond donors (Lipinski definition) is 1. The summed E-state index contributed by atoms with van der Waals surface area (Å²) < 4.78 is 5.52. The smallest absolute Gasteiger partial charge is 0.0469 e. The standard InChI is InChI=1S/C17H27NO/c1-5-18-17(15-6-8-19-9-7-15)16-13(3)10-12(2)11-14(16)4/h10-11,15,17-18H,5-9H2,1-4H3. The molecule has 2 nitrogen and oxygen atoms in total. The maximum atomic E-state index is 5.52. The van der Waals surface area contributed by atoms with E-state index in [1.54, 1.807) is 0 Å². The predicted octanol–water partition coefficient (Wildman–Crippen LogP) is 3.69. The molecule has 1 aliphatic rings. The van der Waals surface area contributed by atoms with Crippen LogP contribution in [0.1, 0.15) is 48.1 Å². The van der Waals surface area contributed by atoms with Gasteiger partial charge in [0.25, 0.3) is 0 Å². The Morgan fingerprint density at radius 1 is 1.16 bits per heavy atom. The highest BCUT2D eigenvalue weighted by atomic mass is 16.5. The van der Waals surface area contributed by atoms with Gasteiger partial charge in [0.1, 0.15) is 0 Å². The lowest BCUT2D eigenvalue weighted by Crippen LogP contribution is -2.33. The second-order valence-corrected chi connectivity index (χ2v) is 5.80. The molecule has 19 heavy (non-hydrogen) atoms. The fraction of sp³-hybridized carbons (Fsp3) is 0.647. The van der Waals surface area contributed by atoms with E-state index in [1.165, 1.54) is 35.1 Å². The van der Waals surface area contributed by atoms with Gasteiger partial charge in [0.05, 0.1) is 0 Å². The van der Waals surface area contributed by atoms with Crippen molar-refractivity contribution < 1.29 is 4.74 Å². The Bertz CT molecular complexity index is 398. The van der Waals surface area contributed by atoms with Crippen molar-refractivity contribution in [2.45, 2.75) is 46.6 Å². The number of rotatable bonds is 4. The molecular formula is C17H27NO. The van der Waals surface area contributed by atoms with Crippen LogP contribution in [0, 0.1) is 26.7 Å². The van der Waals surface area contributed by atoms with Gasteiger partial charge in [-0.15, -0.1) is 0 Å². The highest BCUT2D eigenvalue weighted by Crippen LogP contribution is 2.34. The van der Waals surface area contributed by atoms with Crippen LogP contribution in [0.5, 0.6) is 0 Å². The number of nitrogens with one attached hydrogen (secondary N) is 1. The van der Waals surface area contributed by atoms with Crippen molar-refractivity contribution in [3.63, 3.8) is 0 Å². The number of ether oxygens (including phenoxy) is 1. The molecule has 1 aromatic carbocycles. The van der Waals surface area contributed by atoms with E-state index in [0.29, 0.717) is 12.0 Å². The molecule has 2 rings (SSSR count). The lowest BCUT2D eigenvalue weighted by atomic mass is 9.82. The molecule has 1 aliphatic heterocycles. The molecular weight excluding hydrogens is 234 g/mol. The lowest BCUT2D eigenvalue weighted by Gasteiger charge is -2.33. The van der Waals surface area contributed by atoms with E-state index in [2.05, 4.69) is 45.1 Å². The molecule has 1 N–H and O–H groups in total. The van der Waals surface area contributed by atoms with E-state index >= 15 is 0 Å². The first-order valence-corrected chi connectivity index (χ1v) is 7.52. The third-order valence-electron chi connectivity index (χ3n) is 4.21. The average molecular weight is 261 g/mol. The molecule has 1 fully saturated rings. The third kappa shape index (κ3) is 3.37. The Morgan fingerprint density at radius 2 is 1.74 bits per heavy atom. The van der Waals surface area contributed by atoms with Crippen LogP contribution in [0.2, 0.25) is 0 Å². The van der Waals surface area contributed by atoms with Crippen LogP contribution in [-0.2, 0) is 4.74 Å². The van der Waals surface area contributed by atoms with E-state index in [0.717, 1.165) is 19.8 Å². The van der Waals surface area contributed by atoms with E-state index in [4.69, 9.17) is 4.74 Å². The summed E-state index contributed by atoms with van der Waals surface area (Å²) in [6.07, 6.45) is 2.34. The molecule has 106 valence electrons. The van der Waals surface area contributed by atoms with Crippen LogP contribution in [-0.4, -0.2) is 19.8 Å². The summed E-state index contributed by atoms with van der Waals surface area (Å²) in [5, 5.41) is 3.71. The van der Waals surface area contributed by atoms with Gasteiger partial charge in [0.15, 0.2) is 0 Å². The summed E-state index contributed by atoms with van der Waals surface area (Å²) in [5.41, 5.74) is 5.73. The summed E-state index contributed by atoms with van der Waals surface area (Å²) in [5.74, 6) is 0.703. The normalized spacial score (nSPS) is 18.5. The zero-order valence-electron chi connectivity index (χ0n) is 12.8. The second-order valence-electron chi connectivity index (χ2n) is 5.80. The molecule has 1 aromatic rings. The quantitative estimate of drug-likeness (QED) is 0.892. The van der Waals surface area contributed by atoms with E-state index < -0.39 is 0 Å². The fourth-order valence-electron chi connectivity index (χ4n) is 3.46. The highest BCUT2D eigenvalue weighted by Gasteiger charge is 2.26. The minimum atomic E-state index is 0.481. The highest BCUT2D eigenvalue weighted by molar-refractivity contribution is 5.40. The van der Waals surface area contributed by atoms with Crippen LogP contribution in [0.3, 0.4) is 0 Å². The molecule has 2 heteroatoms. The van der Waals surface area contributed by atoms with Crippen molar-refractivity contribution in [3.05, 3.63) is 34.4 Å². The van der Waals surface area contributed by atoms with Crippen molar-refractivity contribution in [1.82, 2.24) is 5.32 Å². The molecule has 0 spiro atoms. The van der Waals surface area contributed by atoms with Gasteiger partial charge in [-0.25, -0.2) is 0 Å². The largest absolute Gasteiger partial charge is 0.381 e. The average Bonchev–Trinajstić information content (AvgIpc) is 2.37. The maximum Gasteiger partial charge on any atom is 0.0469 e. The molecule has 0 aromatic heterocycles. The maximum absolute atomic E-state index is 5.52. The van der Waals surface area contributed by atoms with Gasteiger partial charge in [-0.2, -0.15) is 0 Å². The van der Waals surface area contributed by atoms with Crippen LogP contribution in [0.15, 0.2) is 12.1 Å². The van der Waals surface area contributed by atoms with Crippen molar-refractivity contribution in [2.75, 3.05) is 19.8 Å². The summed E-state index contributed by atoms with van der Waals surface area (Å²) in [7, 11) is 0. The lowest BCUT2D eigenvalue weighted by molar-refractivity contribution is 0.0536. The van der Waals surface area contributed by atoms with Crippen molar-refractivity contribution >= 4 is 0 Å². The minimum absolute atomic E-state index is 0.481. The summed E-state index contributed by atoms with van der Waals surface area (Å²) in [6, 6.07) is 5.10. The number of aryl methyl sites for hydroxylation is 3. The number of hydrogen-bond acceptors (Lipinski definition) is 2. The summed E-state index contributed by atoms with van der Waals surface area (Å²) in [6.45, 7) is 11.7. The Hall–Kier alpha value is -0.860. The first kappa shape index (κ1) is 14.5. The zero-order chi connectivity index (χ0) is 13.8. The Morgan fingerprint density at radius 3 is 2.26 bits per heavy atom. The monoisotopic (exact) mass is 261 g/mol. The molecule has 0 radical (unpaired) electrons. The zero-order valence-corrected chi connectivity index (χ0v) is 12.8. The molecule has 1 atom stereocenters. The second kappa shape index (κ2) is 6.53. The van der Waals surface area contributed by atoms with Crippen LogP contribution in [0.25, 0.3) is 0 Å². The van der Waals surface area contributed by atoms with Gasteiger partial charge in [-0.1, -0.05) is 24.6 Å². The van der Waals surface area contributed by atoms with E-state index in [9.17, 15) is 0 Å².